The number of halogens is 2. The van der Waals surface area contributed by atoms with E-state index in [1.54, 1.807) is 7.05 Å². The summed E-state index contributed by atoms with van der Waals surface area (Å²) in [7, 11) is 1.67. The van der Waals surface area contributed by atoms with Crippen LogP contribution >= 0.6 is 15.9 Å². The number of carbonyl (C=O) groups is 1. The molecule has 0 unspecified atom stereocenters. The molecule has 0 heterocycles. The van der Waals surface area contributed by atoms with Gasteiger partial charge in [0.2, 0.25) is 0 Å². The summed E-state index contributed by atoms with van der Waals surface area (Å²) < 4.78 is 19.0. The van der Waals surface area contributed by atoms with Crippen LogP contribution in [0.5, 0.6) is 5.75 Å². The van der Waals surface area contributed by atoms with Gasteiger partial charge < -0.3 is 15.0 Å². The number of likely N-dealkylation sites (N-methyl/N-ethyl adjacent to an activating group) is 1. The molecule has 22 heavy (non-hydrogen) atoms. The molecule has 0 aliphatic heterocycles. The van der Waals surface area contributed by atoms with Gasteiger partial charge in [-0.25, -0.2) is 9.18 Å². The van der Waals surface area contributed by atoms with Gasteiger partial charge in [0, 0.05) is 11.5 Å². The van der Waals surface area contributed by atoms with E-state index in [1.807, 2.05) is 30.3 Å². The molecule has 0 aliphatic rings. The predicted molar refractivity (Wildman–Crippen MR) is 87.7 cm³/mol. The number of para-hydroxylation sites is 1. The van der Waals surface area contributed by atoms with Crippen LogP contribution in [-0.4, -0.2) is 31.1 Å². The average molecular weight is 367 g/mol. The molecule has 1 N–H and O–H groups in total. The topological polar surface area (TPSA) is 41.6 Å². The van der Waals surface area contributed by atoms with E-state index in [4.69, 9.17) is 4.74 Å². The summed E-state index contributed by atoms with van der Waals surface area (Å²) in [6.07, 6.45) is 0. The second-order valence-corrected chi connectivity index (χ2v) is 5.49. The molecule has 4 nitrogen and oxygen atoms in total. The Morgan fingerprint density at radius 1 is 1.27 bits per heavy atom. The van der Waals surface area contributed by atoms with E-state index in [2.05, 4.69) is 21.2 Å². The van der Waals surface area contributed by atoms with Gasteiger partial charge in [0.15, 0.2) is 0 Å². The molecule has 0 fully saturated rings. The fraction of sp³-hybridized carbons (Fsp3) is 0.188. The second-order valence-electron chi connectivity index (χ2n) is 4.64. The summed E-state index contributed by atoms with van der Waals surface area (Å²) in [5, 5.41) is 2.70. The van der Waals surface area contributed by atoms with Crippen molar-refractivity contribution >= 4 is 27.6 Å². The molecule has 0 radical (unpaired) electrons. The number of urea groups is 1. The smallest absolute Gasteiger partial charge is 0.321 e. The van der Waals surface area contributed by atoms with Gasteiger partial charge in [-0.1, -0.05) is 18.2 Å². The SMILES string of the molecule is CN(CCOc1ccccc1)C(=O)Nc1ccc(F)cc1Br. The van der Waals surface area contributed by atoms with Gasteiger partial charge >= 0.3 is 6.03 Å². The second kappa shape index (κ2) is 7.79. The number of rotatable bonds is 5. The fourth-order valence-corrected chi connectivity index (χ4v) is 2.17. The van der Waals surface area contributed by atoms with Crippen LogP contribution in [0.1, 0.15) is 0 Å². The Hall–Kier alpha value is -2.08. The Morgan fingerprint density at radius 3 is 2.68 bits per heavy atom. The lowest BCUT2D eigenvalue weighted by atomic mass is 10.3. The third-order valence-electron chi connectivity index (χ3n) is 2.96. The summed E-state index contributed by atoms with van der Waals surface area (Å²) in [6.45, 7) is 0.818. The standard InChI is InChI=1S/C16H16BrFN2O2/c1-20(9-10-22-13-5-3-2-4-6-13)16(21)19-15-8-7-12(18)11-14(15)17/h2-8,11H,9-10H2,1H3,(H,19,21). The summed E-state index contributed by atoms with van der Waals surface area (Å²) in [4.78, 5) is 13.5. The largest absolute Gasteiger partial charge is 0.492 e. The monoisotopic (exact) mass is 366 g/mol. The summed E-state index contributed by atoms with van der Waals surface area (Å²) in [5.74, 6) is 0.395. The van der Waals surface area contributed by atoms with Crippen molar-refractivity contribution in [2.45, 2.75) is 0 Å². The highest BCUT2D eigenvalue weighted by molar-refractivity contribution is 9.10. The van der Waals surface area contributed by atoms with Gasteiger partial charge in [0.05, 0.1) is 12.2 Å². The maximum Gasteiger partial charge on any atom is 0.321 e. The first-order valence-electron chi connectivity index (χ1n) is 6.71. The first-order chi connectivity index (χ1) is 10.6. The van der Waals surface area contributed by atoms with Gasteiger partial charge in [-0.15, -0.1) is 0 Å². The highest BCUT2D eigenvalue weighted by atomic mass is 79.9. The van der Waals surface area contributed by atoms with Crippen molar-refractivity contribution in [1.29, 1.82) is 0 Å². The molecule has 0 atom stereocenters. The normalized spacial score (nSPS) is 10.1. The molecule has 0 saturated carbocycles. The van der Waals surface area contributed by atoms with E-state index < -0.39 is 0 Å². The molecule has 0 bridgehead atoms. The van der Waals surface area contributed by atoms with Crippen LogP contribution in [0.25, 0.3) is 0 Å². The van der Waals surface area contributed by atoms with Crippen LogP contribution in [0.3, 0.4) is 0 Å². The van der Waals surface area contributed by atoms with Gasteiger partial charge in [-0.05, 0) is 46.3 Å². The van der Waals surface area contributed by atoms with E-state index in [0.29, 0.717) is 23.3 Å². The number of nitrogens with one attached hydrogen (secondary N) is 1. The van der Waals surface area contributed by atoms with Gasteiger partial charge in [0.1, 0.15) is 18.2 Å². The number of hydrogen-bond acceptors (Lipinski definition) is 2. The zero-order valence-corrected chi connectivity index (χ0v) is 13.6. The Bertz CT molecular complexity index is 637. The van der Waals surface area contributed by atoms with Crippen molar-refractivity contribution in [2.24, 2.45) is 0 Å². The molecule has 6 heteroatoms. The van der Waals surface area contributed by atoms with Crippen LogP contribution in [0.2, 0.25) is 0 Å². The number of benzene rings is 2. The van der Waals surface area contributed by atoms with E-state index in [0.717, 1.165) is 5.75 Å². The van der Waals surface area contributed by atoms with Crippen LogP contribution < -0.4 is 10.1 Å². The first kappa shape index (κ1) is 16.3. The lowest BCUT2D eigenvalue weighted by molar-refractivity contribution is 0.207. The van der Waals surface area contributed by atoms with E-state index in [9.17, 15) is 9.18 Å². The van der Waals surface area contributed by atoms with Crippen molar-refractivity contribution in [3.63, 3.8) is 0 Å². The van der Waals surface area contributed by atoms with Crippen molar-refractivity contribution in [1.82, 2.24) is 4.90 Å². The van der Waals surface area contributed by atoms with E-state index in [1.165, 1.54) is 23.1 Å². The summed E-state index contributed by atoms with van der Waals surface area (Å²) >= 11 is 3.21. The molecule has 0 saturated heterocycles. The maximum atomic E-state index is 13.0. The number of carbonyl (C=O) groups excluding carboxylic acids is 1. The molecule has 2 aromatic carbocycles. The zero-order chi connectivity index (χ0) is 15.9. The zero-order valence-electron chi connectivity index (χ0n) is 12.1. The third-order valence-corrected chi connectivity index (χ3v) is 3.61. The Kier molecular flexibility index (Phi) is 5.77. The summed E-state index contributed by atoms with van der Waals surface area (Å²) in [5.41, 5.74) is 0.516. The Morgan fingerprint density at radius 2 is 2.00 bits per heavy atom. The van der Waals surface area contributed by atoms with Crippen LogP contribution in [-0.2, 0) is 0 Å². The first-order valence-corrected chi connectivity index (χ1v) is 7.50. The number of nitrogens with zero attached hydrogens (tertiary/aromatic N) is 1. The minimum absolute atomic E-state index is 0.288. The van der Waals surface area contributed by atoms with Gasteiger partial charge in [-0.2, -0.15) is 0 Å². The minimum atomic E-state index is -0.366. The molecule has 116 valence electrons. The number of hydrogen-bond donors (Lipinski definition) is 1. The van der Waals surface area contributed by atoms with Crippen molar-refractivity contribution in [2.75, 3.05) is 25.5 Å². The molecule has 0 spiro atoms. The van der Waals surface area contributed by atoms with Crippen LogP contribution in [0.15, 0.2) is 53.0 Å². The average Bonchev–Trinajstić information content (AvgIpc) is 2.51. The molecule has 0 aliphatic carbocycles. The molecule has 2 amide bonds. The number of amides is 2. The molecular weight excluding hydrogens is 351 g/mol. The maximum absolute atomic E-state index is 13.0. The molecular formula is C16H16BrFN2O2. The van der Waals surface area contributed by atoms with Crippen LogP contribution in [0, 0.1) is 5.82 Å². The lowest BCUT2D eigenvalue weighted by Crippen LogP contribution is -2.34. The van der Waals surface area contributed by atoms with E-state index in [-0.39, 0.29) is 11.8 Å². The summed E-state index contributed by atoms with van der Waals surface area (Å²) in [6, 6.07) is 13.2. The molecule has 2 aromatic rings. The minimum Gasteiger partial charge on any atom is -0.492 e. The van der Waals surface area contributed by atoms with E-state index >= 15 is 0 Å². The Labute approximate surface area is 137 Å². The Balaban J connectivity index is 1.82. The number of ether oxygens (including phenoxy) is 1. The predicted octanol–water partition coefficient (Wildman–Crippen LogP) is 4.13. The highest BCUT2D eigenvalue weighted by Gasteiger charge is 2.11. The number of anilines is 1. The third kappa shape index (κ3) is 4.73. The fourth-order valence-electron chi connectivity index (χ4n) is 1.72. The molecule has 2 rings (SSSR count). The molecule has 0 aromatic heterocycles. The van der Waals surface area contributed by atoms with Crippen LogP contribution in [0.4, 0.5) is 14.9 Å². The highest BCUT2D eigenvalue weighted by Crippen LogP contribution is 2.23. The lowest BCUT2D eigenvalue weighted by Gasteiger charge is -2.18. The van der Waals surface area contributed by atoms with Crippen molar-refractivity contribution < 1.29 is 13.9 Å². The van der Waals surface area contributed by atoms with Gasteiger partial charge in [-0.3, -0.25) is 0 Å². The van der Waals surface area contributed by atoms with Crippen molar-refractivity contribution in [3.05, 3.63) is 58.8 Å². The quantitative estimate of drug-likeness (QED) is 0.864. The van der Waals surface area contributed by atoms with Crippen molar-refractivity contribution in [3.8, 4) is 5.75 Å². The van der Waals surface area contributed by atoms with Gasteiger partial charge in [0.25, 0.3) is 0 Å².